The Labute approximate surface area is 179 Å². The van der Waals surface area contributed by atoms with Crippen LogP contribution in [0.4, 0.5) is 5.69 Å². The number of anilines is 1. The monoisotopic (exact) mass is 416 g/mol. The van der Waals surface area contributed by atoms with E-state index in [1.165, 1.54) is 0 Å². The van der Waals surface area contributed by atoms with Crippen LogP contribution in [0, 0.1) is 6.92 Å². The first-order valence-corrected chi connectivity index (χ1v) is 10.1. The highest BCUT2D eigenvalue weighted by Gasteiger charge is 2.10. The zero-order chi connectivity index (χ0) is 21.8. The first-order chi connectivity index (χ1) is 15.0. The molecule has 0 fully saturated rings. The van der Waals surface area contributed by atoms with Crippen molar-refractivity contribution >= 4 is 22.6 Å². The van der Waals surface area contributed by atoms with Crippen LogP contribution in [0.5, 0.6) is 5.75 Å². The average Bonchev–Trinajstić information content (AvgIpc) is 3.07. The van der Waals surface area contributed by atoms with Gasteiger partial charge in [-0.1, -0.05) is 23.8 Å². The van der Waals surface area contributed by atoms with Crippen molar-refractivity contribution in [3.05, 3.63) is 88.6 Å². The zero-order valence-corrected chi connectivity index (χ0v) is 17.5. The van der Waals surface area contributed by atoms with Crippen LogP contribution in [-0.4, -0.2) is 26.6 Å². The van der Waals surface area contributed by atoms with Crippen molar-refractivity contribution in [3.63, 3.8) is 0 Å². The van der Waals surface area contributed by atoms with Gasteiger partial charge in [0.25, 0.3) is 11.5 Å². The van der Waals surface area contributed by atoms with Crippen LogP contribution in [0.2, 0.25) is 0 Å². The summed E-state index contributed by atoms with van der Waals surface area (Å²) in [5.41, 5.74) is 3.52. The van der Waals surface area contributed by atoms with E-state index in [1.807, 2.05) is 67.1 Å². The number of hydrogen-bond acceptors (Lipinski definition) is 4. The van der Waals surface area contributed by atoms with Gasteiger partial charge in [0, 0.05) is 38.0 Å². The maximum absolute atomic E-state index is 12.3. The SMILES string of the molecule is Cc1ccc(OCC(=O)Nc2ccc3c(c2)nc(CCn2ccccc2=O)n3C)cc1. The van der Waals surface area contributed by atoms with Crippen LogP contribution in [0.3, 0.4) is 0 Å². The van der Waals surface area contributed by atoms with Gasteiger partial charge < -0.3 is 19.2 Å². The van der Waals surface area contributed by atoms with Gasteiger partial charge in [0.05, 0.1) is 11.0 Å². The summed E-state index contributed by atoms with van der Waals surface area (Å²) in [5, 5.41) is 2.85. The second-order valence-electron chi connectivity index (χ2n) is 7.42. The van der Waals surface area contributed by atoms with Crippen molar-refractivity contribution < 1.29 is 9.53 Å². The van der Waals surface area contributed by atoms with Gasteiger partial charge in [0.15, 0.2) is 6.61 Å². The molecule has 4 aromatic rings. The van der Waals surface area contributed by atoms with E-state index in [2.05, 4.69) is 5.32 Å². The van der Waals surface area contributed by atoms with Crippen LogP contribution < -0.4 is 15.6 Å². The standard InChI is InChI=1S/C24H24N4O3/c1-17-6-9-19(10-7-17)31-16-23(29)25-18-8-11-21-20(15-18)26-22(27(21)2)12-14-28-13-4-3-5-24(28)30/h3-11,13,15H,12,14,16H2,1-2H3,(H,25,29). The molecule has 158 valence electrons. The molecule has 0 saturated carbocycles. The Bertz CT molecular complexity index is 1270. The van der Waals surface area contributed by atoms with Crippen molar-refractivity contribution in [2.45, 2.75) is 19.9 Å². The minimum absolute atomic E-state index is 0.0286. The molecule has 4 rings (SSSR count). The molecule has 1 N–H and O–H groups in total. The fraction of sp³-hybridized carbons (Fsp3) is 0.208. The number of carbonyl (C=O) groups is 1. The first kappa shape index (κ1) is 20.4. The Morgan fingerprint density at radius 3 is 2.68 bits per heavy atom. The van der Waals surface area contributed by atoms with Crippen molar-refractivity contribution in [2.75, 3.05) is 11.9 Å². The number of aryl methyl sites for hydroxylation is 4. The van der Waals surface area contributed by atoms with Crippen molar-refractivity contribution in [3.8, 4) is 5.75 Å². The molecule has 2 aromatic heterocycles. The molecule has 0 spiro atoms. The van der Waals surface area contributed by atoms with Gasteiger partial charge in [-0.2, -0.15) is 0 Å². The molecule has 0 aliphatic rings. The predicted molar refractivity (Wildman–Crippen MR) is 120 cm³/mol. The van der Waals surface area contributed by atoms with Gasteiger partial charge in [-0.25, -0.2) is 4.98 Å². The summed E-state index contributed by atoms with van der Waals surface area (Å²) < 4.78 is 9.20. The van der Waals surface area contributed by atoms with Crippen LogP contribution in [0.15, 0.2) is 71.7 Å². The molecule has 0 radical (unpaired) electrons. The van der Waals surface area contributed by atoms with E-state index >= 15 is 0 Å². The third-order valence-electron chi connectivity index (χ3n) is 5.12. The second-order valence-corrected chi connectivity index (χ2v) is 7.42. The number of rotatable bonds is 7. The summed E-state index contributed by atoms with van der Waals surface area (Å²) in [6.45, 7) is 2.48. The topological polar surface area (TPSA) is 78.2 Å². The summed E-state index contributed by atoms with van der Waals surface area (Å²) in [6.07, 6.45) is 2.40. The zero-order valence-electron chi connectivity index (χ0n) is 17.5. The molecule has 7 heteroatoms. The van der Waals surface area contributed by atoms with Gasteiger partial charge in [0.1, 0.15) is 11.6 Å². The van der Waals surface area contributed by atoms with Gasteiger partial charge in [-0.3, -0.25) is 9.59 Å². The predicted octanol–water partition coefficient (Wildman–Crippen LogP) is 3.30. The molecule has 0 aliphatic heterocycles. The molecule has 0 aliphatic carbocycles. The lowest BCUT2D eigenvalue weighted by Gasteiger charge is -2.08. The molecule has 0 bridgehead atoms. The van der Waals surface area contributed by atoms with E-state index in [0.717, 1.165) is 22.4 Å². The molecule has 2 aromatic carbocycles. The van der Waals surface area contributed by atoms with E-state index < -0.39 is 0 Å². The second kappa shape index (κ2) is 8.87. The third kappa shape index (κ3) is 4.83. The average molecular weight is 416 g/mol. The van der Waals surface area contributed by atoms with E-state index in [4.69, 9.17) is 9.72 Å². The Hall–Kier alpha value is -3.87. The Kier molecular flexibility index (Phi) is 5.84. The van der Waals surface area contributed by atoms with Crippen molar-refractivity contribution in [1.82, 2.24) is 14.1 Å². The minimum atomic E-state index is -0.237. The summed E-state index contributed by atoms with van der Waals surface area (Å²) in [6, 6.07) is 18.3. The van der Waals surface area contributed by atoms with E-state index in [-0.39, 0.29) is 18.1 Å². The van der Waals surface area contributed by atoms with Crippen molar-refractivity contribution in [2.24, 2.45) is 7.05 Å². The lowest BCUT2D eigenvalue weighted by Crippen LogP contribution is -2.20. The number of fused-ring (bicyclic) bond motifs is 1. The highest BCUT2D eigenvalue weighted by molar-refractivity contribution is 5.94. The molecule has 0 atom stereocenters. The number of nitrogens with one attached hydrogen (secondary N) is 1. The molecule has 2 heterocycles. The third-order valence-corrected chi connectivity index (χ3v) is 5.12. The van der Waals surface area contributed by atoms with Crippen LogP contribution >= 0.6 is 0 Å². The van der Waals surface area contributed by atoms with Crippen LogP contribution in [-0.2, 0) is 24.8 Å². The summed E-state index contributed by atoms with van der Waals surface area (Å²) in [7, 11) is 1.95. The number of carbonyl (C=O) groups excluding carboxylic acids is 1. The highest BCUT2D eigenvalue weighted by atomic mass is 16.5. The molecule has 0 unspecified atom stereocenters. The number of imidazole rings is 1. The van der Waals surface area contributed by atoms with Gasteiger partial charge in [0.2, 0.25) is 0 Å². The number of nitrogens with zero attached hydrogens (tertiary/aromatic N) is 3. The Balaban J connectivity index is 1.41. The number of hydrogen-bond donors (Lipinski definition) is 1. The summed E-state index contributed by atoms with van der Waals surface area (Å²) in [4.78, 5) is 28.8. The van der Waals surface area contributed by atoms with E-state index in [1.54, 1.807) is 22.9 Å². The quantitative estimate of drug-likeness (QED) is 0.501. The van der Waals surface area contributed by atoms with Gasteiger partial charge >= 0.3 is 0 Å². The van der Waals surface area contributed by atoms with Crippen molar-refractivity contribution in [1.29, 1.82) is 0 Å². The molecule has 0 saturated heterocycles. The molecule has 31 heavy (non-hydrogen) atoms. The molecular weight excluding hydrogens is 392 g/mol. The largest absolute Gasteiger partial charge is 0.484 e. The Morgan fingerprint density at radius 2 is 1.90 bits per heavy atom. The molecular formula is C24H24N4O3. The maximum atomic E-state index is 12.3. The number of benzene rings is 2. The first-order valence-electron chi connectivity index (χ1n) is 10.1. The number of ether oxygens (including phenoxy) is 1. The van der Waals surface area contributed by atoms with Crippen LogP contribution in [0.1, 0.15) is 11.4 Å². The van der Waals surface area contributed by atoms with E-state index in [9.17, 15) is 9.59 Å². The highest BCUT2D eigenvalue weighted by Crippen LogP contribution is 2.20. The lowest BCUT2D eigenvalue weighted by molar-refractivity contribution is -0.118. The van der Waals surface area contributed by atoms with Gasteiger partial charge in [-0.05, 0) is 43.3 Å². The molecule has 7 nitrogen and oxygen atoms in total. The maximum Gasteiger partial charge on any atom is 0.262 e. The van der Waals surface area contributed by atoms with Crippen LogP contribution in [0.25, 0.3) is 11.0 Å². The Morgan fingerprint density at radius 1 is 1.10 bits per heavy atom. The van der Waals surface area contributed by atoms with Gasteiger partial charge in [-0.15, -0.1) is 0 Å². The minimum Gasteiger partial charge on any atom is -0.484 e. The summed E-state index contributed by atoms with van der Waals surface area (Å²) in [5.74, 6) is 1.29. The van der Waals surface area contributed by atoms with E-state index in [0.29, 0.717) is 24.4 Å². The normalized spacial score (nSPS) is 10.9. The number of pyridine rings is 1. The number of amides is 1. The molecule has 1 amide bonds. The summed E-state index contributed by atoms with van der Waals surface area (Å²) >= 11 is 0. The lowest BCUT2D eigenvalue weighted by atomic mass is 10.2. The smallest absolute Gasteiger partial charge is 0.262 e. The fourth-order valence-corrected chi connectivity index (χ4v) is 3.40. The number of aromatic nitrogens is 3. The fourth-order valence-electron chi connectivity index (χ4n) is 3.40.